The Hall–Kier alpha value is -4.19. The lowest BCUT2D eigenvalue weighted by atomic mass is 9.99. The molecular weight excluding hydrogens is 464 g/mol. The highest BCUT2D eigenvalue weighted by molar-refractivity contribution is 6.00. The van der Waals surface area contributed by atoms with Gasteiger partial charge in [-0.2, -0.15) is 0 Å². The first kappa shape index (κ1) is 24.5. The summed E-state index contributed by atoms with van der Waals surface area (Å²) in [6, 6.07) is 22.3. The molecule has 1 saturated heterocycles. The van der Waals surface area contributed by atoms with E-state index in [1.165, 1.54) is 5.69 Å². The highest BCUT2D eigenvalue weighted by atomic mass is 16.5. The molecule has 0 saturated carbocycles. The number of hydrogen-bond acceptors (Lipinski definition) is 5. The van der Waals surface area contributed by atoms with Crippen LogP contribution in [0.15, 0.2) is 83.5 Å². The van der Waals surface area contributed by atoms with Crippen molar-refractivity contribution < 1.29 is 18.7 Å². The maximum Gasteiger partial charge on any atom is 0.246 e. The van der Waals surface area contributed by atoms with E-state index in [1.807, 2.05) is 67.3 Å². The van der Waals surface area contributed by atoms with E-state index in [0.717, 1.165) is 52.1 Å². The Balaban J connectivity index is 1.37. The molecule has 0 unspecified atom stereocenters. The second-order valence-corrected chi connectivity index (χ2v) is 9.13. The molecular formula is C31H32N2O4. The predicted molar refractivity (Wildman–Crippen MR) is 148 cm³/mol. The van der Waals surface area contributed by atoms with Gasteiger partial charge in [0.15, 0.2) is 0 Å². The molecule has 3 aromatic carbocycles. The number of rotatable bonds is 7. The van der Waals surface area contributed by atoms with Gasteiger partial charge in [0.25, 0.3) is 0 Å². The van der Waals surface area contributed by atoms with Gasteiger partial charge >= 0.3 is 0 Å². The van der Waals surface area contributed by atoms with Crippen molar-refractivity contribution in [1.29, 1.82) is 0 Å². The molecule has 6 nitrogen and oxygen atoms in total. The molecule has 0 N–H and O–H groups in total. The number of anilines is 1. The molecule has 1 aliphatic rings. The minimum Gasteiger partial charge on any atom is -0.496 e. The first-order valence-corrected chi connectivity index (χ1v) is 12.7. The minimum atomic E-state index is 0.0197. The van der Waals surface area contributed by atoms with Crippen molar-refractivity contribution in [3.63, 3.8) is 0 Å². The normalized spacial score (nSPS) is 14.2. The smallest absolute Gasteiger partial charge is 0.246 e. The summed E-state index contributed by atoms with van der Waals surface area (Å²) >= 11 is 0. The molecule has 4 aromatic rings. The van der Waals surface area contributed by atoms with Crippen molar-refractivity contribution in [3.8, 4) is 22.6 Å². The molecule has 1 fully saturated rings. The fraction of sp³-hybridized carbons (Fsp3) is 0.258. The predicted octanol–water partition coefficient (Wildman–Crippen LogP) is 6.26. The van der Waals surface area contributed by atoms with Crippen molar-refractivity contribution in [2.45, 2.75) is 13.8 Å². The molecule has 1 amide bonds. The summed E-state index contributed by atoms with van der Waals surface area (Å²) in [7, 11) is 1.64. The highest BCUT2D eigenvalue weighted by Gasteiger charge is 2.21. The fourth-order valence-corrected chi connectivity index (χ4v) is 4.83. The van der Waals surface area contributed by atoms with Crippen molar-refractivity contribution >= 4 is 28.1 Å². The molecule has 1 aromatic heterocycles. The third-order valence-electron chi connectivity index (χ3n) is 6.85. The molecule has 2 heterocycles. The van der Waals surface area contributed by atoms with E-state index in [0.29, 0.717) is 25.4 Å². The Morgan fingerprint density at radius 3 is 2.41 bits per heavy atom. The van der Waals surface area contributed by atoms with Gasteiger partial charge in [-0.05, 0) is 55.3 Å². The highest BCUT2D eigenvalue weighted by Crippen LogP contribution is 2.38. The Kier molecular flexibility index (Phi) is 7.17. The standard InChI is InChI=1S/C31H32N2O4/c1-4-36-25-12-10-23(11-13-25)28-21-37-30-20-29(35-3)26(19-27(28)30)22(2)18-31(34)33-16-14-32(15-17-33)24-8-6-5-7-9-24/h5-13,18-21H,4,14-17H2,1-3H3/b22-18+. The monoisotopic (exact) mass is 496 g/mol. The second-order valence-electron chi connectivity index (χ2n) is 9.13. The van der Waals surface area contributed by atoms with E-state index < -0.39 is 0 Å². The number of para-hydroxylation sites is 1. The molecule has 6 heteroatoms. The van der Waals surface area contributed by atoms with Gasteiger partial charge in [-0.15, -0.1) is 0 Å². The number of carbonyl (C=O) groups excluding carboxylic acids is 1. The van der Waals surface area contributed by atoms with Crippen LogP contribution >= 0.6 is 0 Å². The summed E-state index contributed by atoms with van der Waals surface area (Å²) in [5, 5.41) is 0.969. The molecule has 0 atom stereocenters. The number of allylic oxidation sites excluding steroid dienone is 1. The van der Waals surface area contributed by atoms with Crippen molar-refractivity contribution in [1.82, 2.24) is 4.90 Å². The van der Waals surface area contributed by atoms with Gasteiger partial charge in [0, 0.05) is 60.5 Å². The zero-order valence-corrected chi connectivity index (χ0v) is 21.6. The van der Waals surface area contributed by atoms with Gasteiger partial charge in [0.1, 0.15) is 17.1 Å². The maximum absolute atomic E-state index is 13.2. The largest absolute Gasteiger partial charge is 0.496 e. The number of fused-ring (bicyclic) bond motifs is 1. The third-order valence-corrected chi connectivity index (χ3v) is 6.85. The molecule has 0 aliphatic carbocycles. The maximum atomic E-state index is 13.2. The fourth-order valence-electron chi connectivity index (χ4n) is 4.83. The SMILES string of the molecule is CCOc1ccc(-c2coc3cc(OC)c(/C(C)=C/C(=O)N4CCN(c5ccccc5)CC4)cc23)cc1. The van der Waals surface area contributed by atoms with Gasteiger partial charge < -0.3 is 23.7 Å². The average molecular weight is 497 g/mol. The lowest BCUT2D eigenvalue weighted by Gasteiger charge is -2.35. The summed E-state index contributed by atoms with van der Waals surface area (Å²) in [5.74, 6) is 1.53. The summed E-state index contributed by atoms with van der Waals surface area (Å²) < 4.78 is 17.1. The molecule has 37 heavy (non-hydrogen) atoms. The zero-order valence-electron chi connectivity index (χ0n) is 21.6. The van der Waals surface area contributed by atoms with Crippen LogP contribution in [0.1, 0.15) is 19.4 Å². The van der Waals surface area contributed by atoms with Crippen LogP contribution < -0.4 is 14.4 Å². The van der Waals surface area contributed by atoms with Gasteiger partial charge in [0.05, 0.1) is 20.0 Å². The summed E-state index contributed by atoms with van der Waals surface area (Å²) in [4.78, 5) is 17.4. The van der Waals surface area contributed by atoms with Gasteiger partial charge in [-0.25, -0.2) is 0 Å². The van der Waals surface area contributed by atoms with Crippen LogP contribution in [0.5, 0.6) is 11.5 Å². The second kappa shape index (κ2) is 10.8. The number of hydrogen-bond donors (Lipinski definition) is 0. The van der Waals surface area contributed by atoms with E-state index in [4.69, 9.17) is 13.9 Å². The van der Waals surface area contributed by atoms with Crippen LogP contribution in [0.3, 0.4) is 0 Å². The Morgan fingerprint density at radius 2 is 1.73 bits per heavy atom. The third kappa shape index (κ3) is 5.19. The summed E-state index contributed by atoms with van der Waals surface area (Å²) in [6.07, 6.45) is 3.48. The minimum absolute atomic E-state index is 0.0197. The first-order valence-electron chi connectivity index (χ1n) is 12.7. The van der Waals surface area contributed by atoms with Crippen LogP contribution in [0.4, 0.5) is 5.69 Å². The number of amides is 1. The Morgan fingerprint density at radius 1 is 1.00 bits per heavy atom. The summed E-state index contributed by atoms with van der Waals surface area (Å²) in [6.45, 7) is 7.58. The number of ether oxygens (including phenoxy) is 2. The number of piperazine rings is 1. The molecule has 1 aliphatic heterocycles. The van der Waals surface area contributed by atoms with Crippen LogP contribution in [0, 0.1) is 0 Å². The van der Waals surface area contributed by atoms with Crippen LogP contribution in [0.25, 0.3) is 27.7 Å². The quantitative estimate of drug-likeness (QED) is 0.283. The number of nitrogens with zero attached hydrogens (tertiary/aromatic N) is 2. The van der Waals surface area contributed by atoms with E-state index in [9.17, 15) is 4.79 Å². The Bertz CT molecular complexity index is 1400. The lowest BCUT2D eigenvalue weighted by molar-refractivity contribution is -0.126. The molecule has 190 valence electrons. The number of furan rings is 1. The summed E-state index contributed by atoms with van der Waals surface area (Å²) in [5.41, 5.74) is 5.68. The molecule has 0 radical (unpaired) electrons. The number of methoxy groups -OCH3 is 1. The number of benzene rings is 3. The van der Waals surface area contributed by atoms with Crippen LogP contribution in [-0.4, -0.2) is 50.7 Å². The molecule has 0 spiro atoms. The van der Waals surface area contributed by atoms with Gasteiger partial charge in [0.2, 0.25) is 5.91 Å². The molecule has 5 rings (SSSR count). The van der Waals surface area contributed by atoms with E-state index in [2.05, 4.69) is 23.1 Å². The van der Waals surface area contributed by atoms with Gasteiger partial charge in [-0.1, -0.05) is 30.3 Å². The average Bonchev–Trinajstić information content (AvgIpc) is 3.36. The number of carbonyl (C=O) groups is 1. The van der Waals surface area contributed by atoms with E-state index >= 15 is 0 Å². The van der Waals surface area contributed by atoms with Crippen LogP contribution in [0.2, 0.25) is 0 Å². The lowest BCUT2D eigenvalue weighted by Crippen LogP contribution is -2.48. The van der Waals surface area contributed by atoms with E-state index in [1.54, 1.807) is 19.4 Å². The van der Waals surface area contributed by atoms with Crippen LogP contribution in [-0.2, 0) is 4.79 Å². The molecule has 0 bridgehead atoms. The van der Waals surface area contributed by atoms with Crippen molar-refractivity contribution in [2.24, 2.45) is 0 Å². The Labute approximate surface area is 217 Å². The van der Waals surface area contributed by atoms with Gasteiger partial charge in [-0.3, -0.25) is 4.79 Å². The van der Waals surface area contributed by atoms with Crippen molar-refractivity contribution in [3.05, 3.63) is 84.6 Å². The van der Waals surface area contributed by atoms with Crippen molar-refractivity contribution in [2.75, 3.05) is 44.8 Å². The van der Waals surface area contributed by atoms with E-state index in [-0.39, 0.29) is 5.91 Å². The first-order chi connectivity index (χ1) is 18.1. The topological polar surface area (TPSA) is 55.2 Å². The zero-order chi connectivity index (χ0) is 25.8.